The van der Waals surface area contributed by atoms with Crippen molar-refractivity contribution in [2.75, 3.05) is 0 Å². The van der Waals surface area contributed by atoms with Crippen molar-refractivity contribution in [1.29, 1.82) is 0 Å². The molecule has 1 spiro atoms. The number of hydrogen-bond acceptors (Lipinski definition) is 5. The Morgan fingerprint density at radius 1 is 1.32 bits per heavy atom. The molecule has 0 amide bonds. The molecule has 1 fully saturated rings. The van der Waals surface area contributed by atoms with Crippen LogP contribution in [0.25, 0.3) is 0 Å². The van der Waals surface area contributed by atoms with Gasteiger partial charge in [0.25, 0.3) is 0 Å². The minimum Gasteiger partial charge on any atom is -0.457 e. The summed E-state index contributed by atoms with van der Waals surface area (Å²) >= 11 is 0. The van der Waals surface area contributed by atoms with Gasteiger partial charge in [0, 0.05) is 17.6 Å². The van der Waals surface area contributed by atoms with Gasteiger partial charge in [0.05, 0.1) is 0 Å². The number of carbonyl (C=O) groups excluding carboxylic acids is 1. The van der Waals surface area contributed by atoms with E-state index in [1.54, 1.807) is 12.2 Å². The lowest BCUT2D eigenvalue weighted by molar-refractivity contribution is -0.148. The summed E-state index contributed by atoms with van der Waals surface area (Å²) < 4.78 is 5.35. The van der Waals surface area contributed by atoms with Crippen LogP contribution in [-0.4, -0.2) is 11.6 Å². The van der Waals surface area contributed by atoms with E-state index in [1.165, 1.54) is 5.57 Å². The lowest BCUT2D eigenvalue weighted by Crippen LogP contribution is -2.22. The quantitative estimate of drug-likeness (QED) is 0.362. The second kappa shape index (κ2) is 6.16. The fourth-order valence-electron chi connectivity index (χ4n) is 2.97. The minimum atomic E-state index is -0.449. The first kappa shape index (κ1) is 16.6. The van der Waals surface area contributed by atoms with Crippen LogP contribution < -0.4 is 11.6 Å². The number of esters is 1. The van der Waals surface area contributed by atoms with E-state index in [2.05, 4.69) is 10.9 Å². The van der Waals surface area contributed by atoms with Gasteiger partial charge in [0.1, 0.15) is 5.60 Å². The van der Waals surface area contributed by atoms with E-state index in [4.69, 9.17) is 16.4 Å². The highest BCUT2D eigenvalue weighted by Gasteiger charge is 2.43. The monoisotopic (exact) mass is 306 g/mol. The number of hydrogen-bond donors (Lipinski definition) is 2. The third-order valence-electron chi connectivity index (χ3n) is 4.10. The first-order valence-corrected chi connectivity index (χ1v) is 7.74. The second-order valence-corrected chi connectivity index (χ2v) is 7.11. The molecule has 5 heteroatoms. The fourth-order valence-corrected chi connectivity index (χ4v) is 2.97. The number of nitrogens with two attached hydrogens (primary N) is 2. The molecular formula is C17H26N2O3. The minimum absolute atomic E-state index is 0.118. The molecule has 0 aromatic carbocycles. The molecule has 1 unspecified atom stereocenters. The lowest BCUT2D eigenvalue weighted by Gasteiger charge is -2.18. The predicted octanol–water partition coefficient (Wildman–Crippen LogP) is 2.84. The summed E-state index contributed by atoms with van der Waals surface area (Å²) in [6.45, 7) is 5.63. The Bertz CT molecular complexity index is 541. The lowest BCUT2D eigenvalue weighted by atomic mass is 9.90. The zero-order valence-electron chi connectivity index (χ0n) is 13.6. The van der Waals surface area contributed by atoms with Crippen molar-refractivity contribution >= 4 is 5.97 Å². The average molecular weight is 306 g/mol. The molecule has 0 radical (unpaired) electrons. The van der Waals surface area contributed by atoms with Crippen LogP contribution in [0.4, 0.5) is 0 Å². The van der Waals surface area contributed by atoms with Gasteiger partial charge in [0.2, 0.25) is 5.88 Å². The van der Waals surface area contributed by atoms with Crippen molar-refractivity contribution in [3.63, 3.8) is 0 Å². The Balaban J connectivity index is 1.93. The van der Waals surface area contributed by atoms with Crippen molar-refractivity contribution in [1.82, 2.24) is 0 Å². The van der Waals surface area contributed by atoms with E-state index in [1.807, 2.05) is 20.8 Å². The van der Waals surface area contributed by atoms with Crippen LogP contribution in [-0.2, 0) is 14.4 Å². The van der Waals surface area contributed by atoms with E-state index in [0.29, 0.717) is 0 Å². The Morgan fingerprint density at radius 3 is 2.68 bits per heavy atom. The van der Waals surface area contributed by atoms with Gasteiger partial charge in [-0.1, -0.05) is 11.6 Å². The summed E-state index contributed by atoms with van der Waals surface area (Å²) in [6.07, 6.45) is 10.6. The molecule has 0 heterocycles. The third kappa shape index (κ3) is 4.37. The van der Waals surface area contributed by atoms with Crippen molar-refractivity contribution < 1.29 is 14.4 Å². The van der Waals surface area contributed by atoms with Crippen molar-refractivity contribution in [3.8, 4) is 0 Å². The van der Waals surface area contributed by atoms with E-state index in [0.717, 1.165) is 37.7 Å². The van der Waals surface area contributed by atoms with Gasteiger partial charge in [-0.25, -0.2) is 4.79 Å². The van der Waals surface area contributed by atoms with Gasteiger partial charge in [-0.15, -0.1) is 0 Å². The van der Waals surface area contributed by atoms with Gasteiger partial charge < -0.3 is 15.3 Å². The Morgan fingerprint density at radius 2 is 2.05 bits per heavy atom. The topological polar surface area (TPSA) is 87.6 Å². The first-order chi connectivity index (χ1) is 10.2. The second-order valence-electron chi connectivity index (χ2n) is 7.11. The van der Waals surface area contributed by atoms with Crippen LogP contribution in [0.15, 0.2) is 35.3 Å². The highest BCUT2D eigenvalue weighted by molar-refractivity contribution is 5.83. The number of rotatable bonds is 3. The van der Waals surface area contributed by atoms with Crippen molar-refractivity contribution in [3.05, 3.63) is 35.3 Å². The molecule has 1 saturated carbocycles. The van der Waals surface area contributed by atoms with Crippen LogP contribution in [0, 0.1) is 5.41 Å². The summed E-state index contributed by atoms with van der Waals surface area (Å²) in [4.78, 5) is 16.4. The Hall–Kier alpha value is -1.75. The van der Waals surface area contributed by atoms with Gasteiger partial charge in [-0.3, -0.25) is 0 Å². The summed E-state index contributed by atoms with van der Waals surface area (Å²) in [6, 6.07) is 0. The molecule has 0 bridgehead atoms. The molecule has 0 aromatic heterocycles. The van der Waals surface area contributed by atoms with E-state index in [-0.39, 0.29) is 17.3 Å². The number of carbonyl (C=O) groups is 1. The van der Waals surface area contributed by atoms with Gasteiger partial charge in [-0.05, 0) is 58.4 Å². The third-order valence-corrected chi connectivity index (χ3v) is 4.10. The maximum atomic E-state index is 11.9. The average Bonchev–Trinajstić information content (AvgIpc) is 3.10. The highest BCUT2D eigenvalue weighted by atomic mass is 16.6. The predicted molar refractivity (Wildman–Crippen MR) is 85.1 cm³/mol. The number of allylic oxidation sites excluding steroid dienone is 4. The summed E-state index contributed by atoms with van der Waals surface area (Å²) in [5.41, 5.74) is 7.62. The fraction of sp³-hybridized carbons (Fsp3) is 0.588. The molecule has 2 aliphatic carbocycles. The standard InChI is InChI=1S/C17H26N2O3/c1-16(2,3)21-15(20)9-12-5-4-7-17(8-6-12)11-13(17)10-14(18)22-19/h9-11H,4-8,18-19H2,1-3H3/b12-9-,14-10-. The van der Waals surface area contributed by atoms with Crippen LogP contribution >= 0.6 is 0 Å². The molecule has 4 N–H and O–H groups in total. The molecule has 2 rings (SSSR count). The Kier molecular flexibility index (Phi) is 4.66. The molecule has 1 atom stereocenters. The van der Waals surface area contributed by atoms with Crippen LogP contribution in [0.5, 0.6) is 0 Å². The summed E-state index contributed by atoms with van der Waals surface area (Å²) in [7, 11) is 0. The van der Waals surface area contributed by atoms with Gasteiger partial charge in [0.15, 0.2) is 0 Å². The molecule has 122 valence electrons. The van der Waals surface area contributed by atoms with Gasteiger partial charge in [-0.2, -0.15) is 5.90 Å². The first-order valence-electron chi connectivity index (χ1n) is 7.74. The zero-order valence-corrected chi connectivity index (χ0v) is 13.6. The smallest absolute Gasteiger partial charge is 0.331 e. The Labute approximate surface area is 132 Å². The van der Waals surface area contributed by atoms with E-state index >= 15 is 0 Å². The molecule has 5 nitrogen and oxygen atoms in total. The van der Waals surface area contributed by atoms with Crippen LogP contribution in [0.1, 0.15) is 52.9 Å². The van der Waals surface area contributed by atoms with Crippen molar-refractivity contribution in [2.24, 2.45) is 17.0 Å². The van der Waals surface area contributed by atoms with Crippen LogP contribution in [0.3, 0.4) is 0 Å². The SMILES string of the molecule is CC(C)(C)OC(=O)/C=C1/CCCC2(C=C2/C=C(/N)ON)CC1. The maximum Gasteiger partial charge on any atom is 0.331 e. The molecule has 0 saturated heterocycles. The van der Waals surface area contributed by atoms with Crippen LogP contribution in [0.2, 0.25) is 0 Å². The molecular weight excluding hydrogens is 280 g/mol. The summed E-state index contributed by atoms with van der Waals surface area (Å²) in [5, 5.41) is 0. The molecule has 0 aromatic rings. The van der Waals surface area contributed by atoms with E-state index < -0.39 is 5.60 Å². The summed E-state index contributed by atoms with van der Waals surface area (Å²) in [5.74, 6) is 5.03. The molecule has 0 aliphatic heterocycles. The van der Waals surface area contributed by atoms with E-state index in [9.17, 15) is 4.79 Å². The van der Waals surface area contributed by atoms with Crippen molar-refractivity contribution in [2.45, 2.75) is 58.5 Å². The molecule has 2 aliphatic rings. The number of ether oxygens (including phenoxy) is 1. The normalized spacial score (nSPS) is 27.4. The largest absolute Gasteiger partial charge is 0.457 e. The highest BCUT2D eigenvalue weighted by Crippen LogP contribution is 2.55. The maximum absolute atomic E-state index is 11.9. The zero-order chi connectivity index (χ0) is 16.4. The van der Waals surface area contributed by atoms with Gasteiger partial charge >= 0.3 is 5.97 Å². The molecule has 22 heavy (non-hydrogen) atoms.